The van der Waals surface area contributed by atoms with Gasteiger partial charge in [-0.2, -0.15) is 0 Å². The summed E-state index contributed by atoms with van der Waals surface area (Å²) in [6, 6.07) is 16.9. The highest BCUT2D eigenvalue weighted by atomic mass is 32.1. The molecule has 0 spiro atoms. The van der Waals surface area contributed by atoms with Crippen LogP contribution >= 0.6 is 11.3 Å². The Kier molecular flexibility index (Phi) is 6.99. The topological polar surface area (TPSA) is 54.5 Å². The van der Waals surface area contributed by atoms with E-state index in [1.54, 1.807) is 25.4 Å². The van der Waals surface area contributed by atoms with Gasteiger partial charge in [-0.1, -0.05) is 30.3 Å². The second-order valence-electron chi connectivity index (χ2n) is 8.11. The standard InChI is InChI=1S/C25H29N3O2S/c1-18(29)27-24(25-26-12-14-31-25)22-7-4-13-28(17-22)16-19-5-3-6-21(15-19)20-8-10-23(30-2)11-9-20/h3,5-6,8-12,14-15,22,24H,4,7,13,16-17H2,1-2H3,(H,27,29)/t22-,24-/m1/s1. The lowest BCUT2D eigenvalue weighted by molar-refractivity contribution is -0.120. The molecule has 0 aliphatic carbocycles. The number of amides is 1. The van der Waals surface area contributed by atoms with Crippen LogP contribution < -0.4 is 10.1 Å². The molecule has 0 unspecified atom stereocenters. The van der Waals surface area contributed by atoms with Crippen LogP contribution in [-0.4, -0.2) is 36.0 Å². The van der Waals surface area contributed by atoms with Gasteiger partial charge in [0, 0.05) is 31.6 Å². The lowest BCUT2D eigenvalue weighted by atomic mass is 9.90. The molecule has 1 fully saturated rings. The van der Waals surface area contributed by atoms with Gasteiger partial charge in [0.25, 0.3) is 0 Å². The molecule has 0 saturated carbocycles. The SMILES string of the molecule is COc1ccc(-c2cccc(CN3CCC[C@@H]([C@@H](NC(C)=O)c4nccs4)C3)c2)cc1. The fourth-order valence-electron chi connectivity index (χ4n) is 4.39. The van der Waals surface area contributed by atoms with Crippen LogP contribution in [0.4, 0.5) is 0 Å². The fourth-order valence-corrected chi connectivity index (χ4v) is 5.17. The summed E-state index contributed by atoms with van der Waals surface area (Å²) < 4.78 is 5.27. The van der Waals surface area contributed by atoms with Gasteiger partial charge in [-0.3, -0.25) is 9.69 Å². The minimum Gasteiger partial charge on any atom is -0.497 e. The normalized spacial score (nSPS) is 17.8. The van der Waals surface area contributed by atoms with Crippen molar-refractivity contribution < 1.29 is 9.53 Å². The third-order valence-corrected chi connectivity index (χ3v) is 6.70. The summed E-state index contributed by atoms with van der Waals surface area (Å²) in [6.45, 7) is 4.53. The second kappa shape index (κ2) is 10.1. The molecule has 2 aromatic carbocycles. The number of hydrogen-bond acceptors (Lipinski definition) is 5. The van der Waals surface area contributed by atoms with Crippen molar-refractivity contribution in [1.82, 2.24) is 15.2 Å². The predicted molar refractivity (Wildman–Crippen MR) is 125 cm³/mol. The minimum absolute atomic E-state index is 0.00418. The van der Waals surface area contributed by atoms with E-state index in [-0.39, 0.29) is 11.9 Å². The average molecular weight is 436 g/mol. The number of benzene rings is 2. The molecule has 1 aromatic heterocycles. The van der Waals surface area contributed by atoms with E-state index < -0.39 is 0 Å². The summed E-state index contributed by atoms with van der Waals surface area (Å²) in [5, 5.41) is 6.13. The van der Waals surface area contributed by atoms with Crippen molar-refractivity contribution >= 4 is 17.2 Å². The van der Waals surface area contributed by atoms with Gasteiger partial charge in [-0.25, -0.2) is 4.98 Å². The molecule has 2 atom stereocenters. The minimum atomic E-state index is -0.00839. The molecule has 3 aromatic rings. The molecule has 2 heterocycles. The summed E-state index contributed by atoms with van der Waals surface area (Å²) in [6.07, 6.45) is 4.05. The van der Waals surface area contributed by atoms with Gasteiger partial charge in [0.05, 0.1) is 13.2 Å². The number of hydrogen-bond donors (Lipinski definition) is 1. The first-order chi connectivity index (χ1) is 15.1. The molecule has 1 aliphatic rings. The maximum absolute atomic E-state index is 11.8. The van der Waals surface area contributed by atoms with Gasteiger partial charge in [-0.15, -0.1) is 11.3 Å². The number of carbonyl (C=O) groups excluding carboxylic acids is 1. The molecule has 5 nitrogen and oxygen atoms in total. The van der Waals surface area contributed by atoms with Gasteiger partial charge >= 0.3 is 0 Å². The molecule has 1 aliphatic heterocycles. The molecular weight excluding hydrogens is 406 g/mol. The molecule has 0 bridgehead atoms. The highest BCUT2D eigenvalue weighted by Crippen LogP contribution is 2.32. The maximum atomic E-state index is 11.8. The van der Waals surface area contributed by atoms with Gasteiger partial charge in [-0.05, 0) is 60.2 Å². The average Bonchev–Trinajstić information content (AvgIpc) is 3.32. The number of carbonyl (C=O) groups is 1. The van der Waals surface area contributed by atoms with E-state index in [4.69, 9.17) is 4.74 Å². The van der Waals surface area contributed by atoms with Crippen LogP contribution in [-0.2, 0) is 11.3 Å². The lowest BCUT2D eigenvalue weighted by Crippen LogP contribution is -2.42. The van der Waals surface area contributed by atoms with Crippen LogP contribution in [0.3, 0.4) is 0 Å². The van der Waals surface area contributed by atoms with Crippen LogP contribution in [0.15, 0.2) is 60.1 Å². The van der Waals surface area contributed by atoms with E-state index in [2.05, 4.69) is 51.6 Å². The largest absolute Gasteiger partial charge is 0.497 e. The van der Waals surface area contributed by atoms with Gasteiger partial charge < -0.3 is 10.1 Å². The molecule has 6 heteroatoms. The number of methoxy groups -OCH3 is 1. The van der Waals surface area contributed by atoms with Crippen molar-refractivity contribution in [3.8, 4) is 16.9 Å². The third kappa shape index (κ3) is 5.51. The number of nitrogens with zero attached hydrogens (tertiary/aromatic N) is 2. The molecule has 4 rings (SSSR count). The molecule has 0 radical (unpaired) electrons. The number of nitrogens with one attached hydrogen (secondary N) is 1. The summed E-state index contributed by atoms with van der Waals surface area (Å²) in [5.41, 5.74) is 3.71. The molecule has 1 saturated heterocycles. The number of piperidine rings is 1. The zero-order chi connectivity index (χ0) is 21.6. The number of ether oxygens (including phenoxy) is 1. The van der Waals surface area contributed by atoms with Gasteiger partial charge in [0.2, 0.25) is 5.91 Å². The number of thiazole rings is 1. The quantitative estimate of drug-likeness (QED) is 0.573. The summed E-state index contributed by atoms with van der Waals surface area (Å²) in [4.78, 5) is 18.8. The van der Waals surface area contributed by atoms with Crippen molar-refractivity contribution in [3.05, 3.63) is 70.7 Å². The Bertz CT molecular complexity index is 988. The third-order valence-electron chi connectivity index (χ3n) is 5.85. The smallest absolute Gasteiger partial charge is 0.217 e. The first kappa shape index (κ1) is 21.5. The Morgan fingerprint density at radius 3 is 2.81 bits per heavy atom. The monoisotopic (exact) mass is 435 g/mol. The van der Waals surface area contributed by atoms with Crippen molar-refractivity contribution in [3.63, 3.8) is 0 Å². The highest BCUT2D eigenvalue weighted by molar-refractivity contribution is 7.09. The van der Waals surface area contributed by atoms with Gasteiger partial charge in [0.1, 0.15) is 10.8 Å². The maximum Gasteiger partial charge on any atom is 0.217 e. The van der Waals surface area contributed by atoms with E-state index >= 15 is 0 Å². The fraction of sp³-hybridized carbons (Fsp3) is 0.360. The second-order valence-corrected chi connectivity index (χ2v) is 9.04. The van der Waals surface area contributed by atoms with Crippen molar-refractivity contribution in [2.24, 2.45) is 5.92 Å². The van der Waals surface area contributed by atoms with E-state index in [9.17, 15) is 4.79 Å². The predicted octanol–water partition coefficient (Wildman–Crippen LogP) is 4.91. The van der Waals surface area contributed by atoms with E-state index in [0.717, 1.165) is 43.2 Å². The van der Waals surface area contributed by atoms with Crippen LogP contribution in [0, 0.1) is 5.92 Å². The van der Waals surface area contributed by atoms with E-state index in [1.807, 2.05) is 23.7 Å². The van der Waals surface area contributed by atoms with Crippen LogP contribution in [0.5, 0.6) is 5.75 Å². The zero-order valence-electron chi connectivity index (χ0n) is 18.1. The van der Waals surface area contributed by atoms with Crippen LogP contribution in [0.1, 0.15) is 36.4 Å². The van der Waals surface area contributed by atoms with E-state index in [0.29, 0.717) is 5.92 Å². The van der Waals surface area contributed by atoms with E-state index in [1.165, 1.54) is 16.7 Å². The first-order valence-electron chi connectivity index (χ1n) is 10.7. The molecule has 1 N–H and O–H groups in total. The zero-order valence-corrected chi connectivity index (χ0v) is 18.9. The van der Waals surface area contributed by atoms with Crippen molar-refractivity contribution in [1.29, 1.82) is 0 Å². The Labute approximate surface area is 188 Å². The van der Waals surface area contributed by atoms with Crippen molar-refractivity contribution in [2.75, 3.05) is 20.2 Å². The molecule has 162 valence electrons. The first-order valence-corrected chi connectivity index (χ1v) is 11.6. The summed E-state index contributed by atoms with van der Waals surface area (Å²) >= 11 is 1.62. The molecular formula is C25H29N3O2S. The summed E-state index contributed by atoms with van der Waals surface area (Å²) in [7, 11) is 1.69. The number of likely N-dealkylation sites (tertiary alicyclic amines) is 1. The van der Waals surface area contributed by atoms with Crippen LogP contribution in [0.2, 0.25) is 0 Å². The number of rotatable bonds is 7. The highest BCUT2D eigenvalue weighted by Gasteiger charge is 2.30. The summed E-state index contributed by atoms with van der Waals surface area (Å²) in [5.74, 6) is 1.24. The number of aromatic nitrogens is 1. The van der Waals surface area contributed by atoms with Crippen molar-refractivity contribution in [2.45, 2.75) is 32.4 Å². The Morgan fingerprint density at radius 2 is 2.10 bits per heavy atom. The van der Waals surface area contributed by atoms with Gasteiger partial charge in [0.15, 0.2) is 0 Å². The Morgan fingerprint density at radius 1 is 1.26 bits per heavy atom. The molecule has 31 heavy (non-hydrogen) atoms. The Hall–Kier alpha value is -2.70. The Balaban J connectivity index is 1.46. The van der Waals surface area contributed by atoms with Crippen LogP contribution in [0.25, 0.3) is 11.1 Å². The lowest BCUT2D eigenvalue weighted by Gasteiger charge is -2.36. The molecule has 1 amide bonds.